The lowest BCUT2D eigenvalue weighted by atomic mass is 10.1. The third kappa shape index (κ3) is 5.13. The normalized spacial score (nSPS) is 11.3. The molecule has 0 aliphatic carbocycles. The summed E-state index contributed by atoms with van der Waals surface area (Å²) in [6.45, 7) is 0.454. The molecule has 1 amide bonds. The molecule has 0 bridgehead atoms. The average molecular weight is 484 g/mol. The largest absolute Gasteiger partial charge is 0.497 e. The van der Waals surface area contributed by atoms with E-state index >= 15 is 0 Å². The third-order valence-corrected chi connectivity index (χ3v) is 6.89. The number of benzene rings is 3. The molecule has 4 aromatic rings. The minimum Gasteiger partial charge on any atom is -0.497 e. The van der Waals surface area contributed by atoms with E-state index in [9.17, 15) is 13.2 Å². The topological polar surface area (TPSA) is 100 Å². The molecule has 4 rings (SSSR count). The number of hydrogen-bond acceptors (Lipinski definition) is 4. The van der Waals surface area contributed by atoms with Crippen LogP contribution in [0, 0.1) is 0 Å². The number of nitrogens with one attached hydrogen (secondary N) is 3. The number of methoxy groups -OCH3 is 1. The molecule has 0 unspecified atom stereocenters. The van der Waals surface area contributed by atoms with Crippen LogP contribution in [0.3, 0.4) is 0 Å². The number of carbonyl (C=O) groups excluding carboxylic acids is 1. The molecule has 0 spiro atoms. The second-order valence-corrected chi connectivity index (χ2v) is 9.44. The molecule has 0 saturated carbocycles. The van der Waals surface area contributed by atoms with Crippen molar-refractivity contribution in [2.75, 3.05) is 18.4 Å². The number of aromatic amines is 1. The van der Waals surface area contributed by atoms with Crippen molar-refractivity contribution in [3.8, 4) is 5.75 Å². The maximum atomic E-state index is 12.8. The van der Waals surface area contributed by atoms with Crippen LogP contribution >= 0.6 is 11.6 Å². The van der Waals surface area contributed by atoms with Gasteiger partial charge in [0.05, 0.1) is 28.2 Å². The number of hydrogen-bond donors (Lipinski definition) is 3. The van der Waals surface area contributed by atoms with Crippen LogP contribution in [0.15, 0.2) is 77.8 Å². The highest BCUT2D eigenvalue weighted by molar-refractivity contribution is 7.92. The number of halogens is 1. The molecule has 7 nitrogen and oxygen atoms in total. The van der Waals surface area contributed by atoms with Crippen LogP contribution in [0.5, 0.6) is 5.75 Å². The van der Waals surface area contributed by atoms with Crippen LogP contribution in [0.25, 0.3) is 10.9 Å². The zero-order valence-corrected chi connectivity index (χ0v) is 19.3. The zero-order chi connectivity index (χ0) is 23.4. The van der Waals surface area contributed by atoms with E-state index in [2.05, 4.69) is 15.0 Å². The van der Waals surface area contributed by atoms with E-state index in [-0.39, 0.29) is 10.8 Å². The molecule has 0 aliphatic rings. The van der Waals surface area contributed by atoms with E-state index in [0.717, 1.165) is 16.7 Å². The highest BCUT2D eigenvalue weighted by atomic mass is 35.5. The van der Waals surface area contributed by atoms with Crippen LogP contribution in [0.1, 0.15) is 15.9 Å². The van der Waals surface area contributed by atoms with Gasteiger partial charge >= 0.3 is 0 Å². The Hall–Kier alpha value is -3.49. The molecule has 3 aromatic carbocycles. The molecule has 170 valence electrons. The molecule has 0 saturated heterocycles. The van der Waals surface area contributed by atoms with Crippen LogP contribution < -0.4 is 14.8 Å². The molecule has 0 fully saturated rings. The molecule has 3 N–H and O–H groups in total. The Bertz CT molecular complexity index is 1380. The summed E-state index contributed by atoms with van der Waals surface area (Å²) in [4.78, 5) is 15.4. The van der Waals surface area contributed by atoms with E-state index in [1.807, 2.05) is 24.3 Å². The molecule has 0 aliphatic heterocycles. The van der Waals surface area contributed by atoms with Crippen molar-refractivity contribution in [3.63, 3.8) is 0 Å². The Kier molecular flexibility index (Phi) is 6.57. The molecule has 0 radical (unpaired) electrons. The quantitative estimate of drug-likeness (QED) is 0.341. The lowest BCUT2D eigenvalue weighted by Gasteiger charge is -2.10. The van der Waals surface area contributed by atoms with Crippen LogP contribution in [0.2, 0.25) is 5.02 Å². The van der Waals surface area contributed by atoms with Gasteiger partial charge in [-0.1, -0.05) is 35.9 Å². The van der Waals surface area contributed by atoms with E-state index < -0.39 is 10.0 Å². The van der Waals surface area contributed by atoms with Gasteiger partial charge in [-0.25, -0.2) is 8.42 Å². The van der Waals surface area contributed by atoms with Crippen molar-refractivity contribution in [2.24, 2.45) is 0 Å². The summed E-state index contributed by atoms with van der Waals surface area (Å²) in [5.41, 5.74) is 2.43. The van der Waals surface area contributed by atoms with Gasteiger partial charge < -0.3 is 15.0 Å². The molecular formula is C24H22ClN3O4S. The Morgan fingerprint density at radius 1 is 1.03 bits per heavy atom. The van der Waals surface area contributed by atoms with Gasteiger partial charge in [0.15, 0.2) is 0 Å². The van der Waals surface area contributed by atoms with Gasteiger partial charge in [0.2, 0.25) is 0 Å². The first-order valence-corrected chi connectivity index (χ1v) is 12.0. The first-order chi connectivity index (χ1) is 15.9. The Balaban J connectivity index is 1.39. The van der Waals surface area contributed by atoms with E-state index in [1.165, 1.54) is 24.3 Å². The van der Waals surface area contributed by atoms with Crippen LogP contribution in [-0.2, 0) is 16.4 Å². The van der Waals surface area contributed by atoms with Gasteiger partial charge in [0.25, 0.3) is 15.9 Å². The number of H-pyrrole nitrogens is 1. The number of aromatic nitrogens is 1. The Morgan fingerprint density at radius 2 is 1.76 bits per heavy atom. The SMILES string of the molecule is COc1ccc(CCNC(=O)c2ccc(S(=O)(=O)Nc3cccc4c(Cl)c[nH]c34)cc2)cc1. The van der Waals surface area contributed by atoms with Crippen LogP contribution in [-0.4, -0.2) is 33.0 Å². The van der Waals surface area contributed by atoms with Crippen molar-refractivity contribution >= 4 is 44.1 Å². The van der Waals surface area contributed by atoms with Gasteiger partial charge in [-0.15, -0.1) is 0 Å². The molecular weight excluding hydrogens is 462 g/mol. The number of sulfonamides is 1. The van der Waals surface area contributed by atoms with Crippen molar-refractivity contribution < 1.29 is 17.9 Å². The van der Waals surface area contributed by atoms with Gasteiger partial charge in [-0.05, 0) is 54.4 Å². The fraction of sp³-hybridized carbons (Fsp3) is 0.125. The predicted molar refractivity (Wildman–Crippen MR) is 130 cm³/mol. The lowest BCUT2D eigenvalue weighted by molar-refractivity contribution is 0.0954. The zero-order valence-electron chi connectivity index (χ0n) is 17.8. The Labute approximate surface area is 196 Å². The Morgan fingerprint density at radius 3 is 2.45 bits per heavy atom. The molecule has 0 atom stereocenters. The number of amides is 1. The number of para-hydroxylation sites is 1. The summed E-state index contributed by atoms with van der Waals surface area (Å²) < 4.78 is 33.4. The first-order valence-electron chi connectivity index (χ1n) is 10.2. The van der Waals surface area contributed by atoms with Crippen molar-refractivity contribution in [1.29, 1.82) is 0 Å². The fourth-order valence-corrected chi connectivity index (χ4v) is 4.69. The predicted octanol–water partition coefficient (Wildman–Crippen LogP) is 4.60. The maximum Gasteiger partial charge on any atom is 0.261 e. The van der Waals surface area contributed by atoms with Gasteiger partial charge in [0.1, 0.15) is 5.75 Å². The van der Waals surface area contributed by atoms with E-state index in [0.29, 0.717) is 34.8 Å². The third-order valence-electron chi connectivity index (χ3n) is 5.19. The minimum absolute atomic E-state index is 0.0481. The number of anilines is 1. The second kappa shape index (κ2) is 9.56. The van der Waals surface area contributed by atoms with Crippen molar-refractivity contribution in [3.05, 3.63) is 89.1 Å². The van der Waals surface area contributed by atoms with Gasteiger partial charge in [0, 0.05) is 23.7 Å². The molecule has 9 heteroatoms. The summed E-state index contributed by atoms with van der Waals surface area (Å²) in [5.74, 6) is 0.506. The monoisotopic (exact) mass is 483 g/mol. The summed E-state index contributed by atoms with van der Waals surface area (Å²) in [5, 5.41) is 4.07. The summed E-state index contributed by atoms with van der Waals surface area (Å²) in [6, 6.07) is 18.6. The van der Waals surface area contributed by atoms with Crippen molar-refractivity contribution in [1.82, 2.24) is 10.3 Å². The summed E-state index contributed by atoms with van der Waals surface area (Å²) >= 11 is 6.11. The van der Waals surface area contributed by atoms with E-state index in [1.54, 1.807) is 31.5 Å². The summed E-state index contributed by atoms with van der Waals surface area (Å²) in [7, 11) is -2.24. The number of fused-ring (bicyclic) bond motifs is 1. The number of carbonyl (C=O) groups is 1. The molecule has 33 heavy (non-hydrogen) atoms. The number of rotatable bonds is 8. The van der Waals surface area contributed by atoms with Crippen LogP contribution in [0.4, 0.5) is 5.69 Å². The molecule has 1 heterocycles. The number of ether oxygens (including phenoxy) is 1. The lowest BCUT2D eigenvalue weighted by Crippen LogP contribution is -2.25. The smallest absolute Gasteiger partial charge is 0.261 e. The average Bonchev–Trinajstić information content (AvgIpc) is 3.21. The molecule has 1 aromatic heterocycles. The van der Waals surface area contributed by atoms with E-state index in [4.69, 9.17) is 16.3 Å². The van der Waals surface area contributed by atoms with Gasteiger partial charge in [-0.2, -0.15) is 0 Å². The fourth-order valence-electron chi connectivity index (χ4n) is 3.41. The van der Waals surface area contributed by atoms with Gasteiger partial charge in [-0.3, -0.25) is 9.52 Å². The minimum atomic E-state index is -3.85. The first kappa shape index (κ1) is 22.7. The summed E-state index contributed by atoms with van der Waals surface area (Å²) in [6.07, 6.45) is 2.27. The maximum absolute atomic E-state index is 12.8. The highest BCUT2D eigenvalue weighted by Gasteiger charge is 2.17. The standard InChI is InChI=1S/C24H22ClN3O4S/c1-32-18-9-5-16(6-10-18)13-14-26-24(29)17-7-11-19(12-8-17)33(30,31)28-22-4-2-3-20-21(25)15-27-23(20)22/h2-12,15,27-28H,13-14H2,1H3,(H,26,29). The van der Waals surface area contributed by atoms with Crippen molar-refractivity contribution in [2.45, 2.75) is 11.3 Å². The highest BCUT2D eigenvalue weighted by Crippen LogP contribution is 2.29. The second-order valence-electron chi connectivity index (χ2n) is 7.35.